The Balaban J connectivity index is 2.95. The van der Waals surface area contributed by atoms with Crippen molar-refractivity contribution in [1.29, 1.82) is 0 Å². The van der Waals surface area contributed by atoms with Gasteiger partial charge in [0, 0.05) is 6.20 Å². The van der Waals surface area contributed by atoms with Gasteiger partial charge in [0.1, 0.15) is 5.69 Å². The molecule has 0 saturated heterocycles. The number of carbonyl (C=O) groups is 1. The van der Waals surface area contributed by atoms with Gasteiger partial charge in [-0.05, 0) is 12.5 Å². The average Bonchev–Trinajstić information content (AvgIpc) is 2.27. The third-order valence-corrected chi connectivity index (χ3v) is 1.80. The number of aromatic nitrogens is 1. The molecule has 0 aliphatic heterocycles. The third-order valence-electron chi connectivity index (χ3n) is 1.80. The van der Waals surface area contributed by atoms with Crippen LogP contribution in [-0.4, -0.2) is 24.7 Å². The topological polar surface area (TPSA) is 74.4 Å². The highest BCUT2D eigenvalue weighted by molar-refractivity contribution is 5.95. The number of pyridine rings is 1. The van der Waals surface area contributed by atoms with Crippen molar-refractivity contribution in [3.05, 3.63) is 17.8 Å². The number of anilines is 1. The van der Waals surface area contributed by atoms with E-state index in [4.69, 9.17) is 10.5 Å². The minimum Gasteiger partial charge on any atom is -0.476 e. The van der Waals surface area contributed by atoms with Crippen LogP contribution in [-0.2, 0) is 4.74 Å². The van der Waals surface area contributed by atoms with Gasteiger partial charge in [-0.2, -0.15) is 0 Å². The first-order chi connectivity index (χ1) is 7.20. The Hall–Kier alpha value is -1.78. The van der Waals surface area contributed by atoms with E-state index < -0.39 is 5.97 Å². The quantitative estimate of drug-likeness (QED) is 0.757. The molecular formula is C10H14N2O3. The number of nitrogen functional groups attached to an aromatic ring is 1. The van der Waals surface area contributed by atoms with Gasteiger partial charge in [-0.3, -0.25) is 0 Å². The van der Waals surface area contributed by atoms with Crippen molar-refractivity contribution >= 4 is 11.7 Å². The lowest BCUT2D eigenvalue weighted by Gasteiger charge is -2.08. The van der Waals surface area contributed by atoms with Crippen molar-refractivity contribution in [1.82, 2.24) is 4.98 Å². The first-order valence-corrected chi connectivity index (χ1v) is 4.66. The smallest absolute Gasteiger partial charge is 0.340 e. The molecule has 0 aromatic carbocycles. The monoisotopic (exact) mass is 210 g/mol. The van der Waals surface area contributed by atoms with Crippen LogP contribution >= 0.6 is 0 Å². The molecule has 0 amide bonds. The van der Waals surface area contributed by atoms with Crippen LogP contribution in [0.25, 0.3) is 0 Å². The van der Waals surface area contributed by atoms with Crippen molar-refractivity contribution in [2.75, 3.05) is 19.5 Å². The number of ether oxygens (including phenoxy) is 2. The zero-order valence-electron chi connectivity index (χ0n) is 8.82. The molecule has 0 atom stereocenters. The lowest BCUT2D eigenvalue weighted by atomic mass is 10.2. The van der Waals surface area contributed by atoms with Crippen LogP contribution in [0, 0.1) is 0 Å². The van der Waals surface area contributed by atoms with E-state index in [2.05, 4.69) is 9.72 Å². The van der Waals surface area contributed by atoms with Gasteiger partial charge >= 0.3 is 5.97 Å². The van der Waals surface area contributed by atoms with Gasteiger partial charge in [0.05, 0.1) is 19.3 Å². The molecule has 2 N–H and O–H groups in total. The Bertz CT molecular complexity index is 353. The van der Waals surface area contributed by atoms with E-state index in [0.29, 0.717) is 6.61 Å². The molecule has 0 aliphatic carbocycles. The van der Waals surface area contributed by atoms with Gasteiger partial charge in [0.25, 0.3) is 0 Å². The van der Waals surface area contributed by atoms with Crippen LogP contribution in [0.5, 0.6) is 5.88 Å². The summed E-state index contributed by atoms with van der Waals surface area (Å²) in [6.45, 7) is 2.49. The van der Waals surface area contributed by atoms with Crippen LogP contribution in [0.4, 0.5) is 5.69 Å². The molecule has 0 bridgehead atoms. The van der Waals surface area contributed by atoms with Crippen molar-refractivity contribution in [2.24, 2.45) is 0 Å². The summed E-state index contributed by atoms with van der Waals surface area (Å²) in [5, 5.41) is 0. The summed E-state index contributed by atoms with van der Waals surface area (Å²) in [6, 6.07) is 1.50. The Kier molecular flexibility index (Phi) is 3.91. The Labute approximate surface area is 88.2 Å². The van der Waals surface area contributed by atoms with Crippen LogP contribution in [0.3, 0.4) is 0 Å². The van der Waals surface area contributed by atoms with Gasteiger partial charge in [-0.15, -0.1) is 0 Å². The second kappa shape index (κ2) is 5.19. The molecule has 1 aromatic rings. The van der Waals surface area contributed by atoms with E-state index in [9.17, 15) is 4.79 Å². The Morgan fingerprint density at radius 1 is 1.60 bits per heavy atom. The number of nitrogens with two attached hydrogens (primary N) is 1. The van der Waals surface area contributed by atoms with E-state index in [1.165, 1.54) is 19.4 Å². The molecule has 0 aliphatic rings. The zero-order chi connectivity index (χ0) is 11.3. The highest BCUT2D eigenvalue weighted by Gasteiger charge is 2.14. The summed E-state index contributed by atoms with van der Waals surface area (Å²) in [6.07, 6.45) is 2.32. The van der Waals surface area contributed by atoms with Gasteiger partial charge in [-0.1, -0.05) is 6.92 Å². The predicted octanol–water partition coefficient (Wildman–Crippen LogP) is 1.24. The van der Waals surface area contributed by atoms with Gasteiger partial charge < -0.3 is 15.2 Å². The minimum atomic E-state index is -0.490. The van der Waals surface area contributed by atoms with E-state index in [0.717, 1.165) is 6.42 Å². The molecule has 5 heteroatoms. The van der Waals surface area contributed by atoms with Gasteiger partial charge in [-0.25, -0.2) is 9.78 Å². The molecule has 0 unspecified atom stereocenters. The van der Waals surface area contributed by atoms with E-state index >= 15 is 0 Å². The van der Waals surface area contributed by atoms with Crippen LogP contribution in [0.1, 0.15) is 23.7 Å². The molecule has 5 nitrogen and oxygen atoms in total. The average molecular weight is 210 g/mol. The number of nitrogens with zero attached hydrogens (tertiary/aromatic N) is 1. The highest BCUT2D eigenvalue weighted by Crippen LogP contribution is 2.22. The molecule has 0 fully saturated rings. The van der Waals surface area contributed by atoms with Gasteiger partial charge in [0.15, 0.2) is 0 Å². The van der Waals surface area contributed by atoms with E-state index in [1.54, 1.807) is 0 Å². The number of hydrogen-bond acceptors (Lipinski definition) is 5. The maximum absolute atomic E-state index is 11.3. The standard InChI is InChI=1S/C10H14N2O3/c1-3-6-15-9-8(11)7(4-5-12-9)10(13)14-2/h4-5H,3,6,11H2,1-2H3. The normalized spacial score (nSPS) is 9.73. The van der Waals surface area contributed by atoms with Crippen LogP contribution < -0.4 is 10.5 Å². The first kappa shape index (κ1) is 11.3. The third kappa shape index (κ3) is 2.59. The number of methoxy groups -OCH3 is 1. The molecule has 0 saturated carbocycles. The van der Waals surface area contributed by atoms with Crippen LogP contribution in [0.2, 0.25) is 0 Å². The highest BCUT2D eigenvalue weighted by atomic mass is 16.5. The number of hydrogen-bond donors (Lipinski definition) is 1. The summed E-state index contributed by atoms with van der Waals surface area (Å²) in [5.41, 5.74) is 6.21. The molecule has 82 valence electrons. The zero-order valence-corrected chi connectivity index (χ0v) is 8.82. The van der Waals surface area contributed by atoms with Crippen molar-refractivity contribution < 1.29 is 14.3 Å². The van der Waals surface area contributed by atoms with E-state index in [-0.39, 0.29) is 17.1 Å². The summed E-state index contributed by atoms with van der Waals surface area (Å²) in [4.78, 5) is 15.2. The van der Waals surface area contributed by atoms with E-state index in [1.807, 2.05) is 6.92 Å². The SMILES string of the molecule is CCCOc1nccc(C(=O)OC)c1N. The van der Waals surface area contributed by atoms with Crippen LogP contribution in [0.15, 0.2) is 12.3 Å². The van der Waals surface area contributed by atoms with Crippen molar-refractivity contribution in [3.63, 3.8) is 0 Å². The van der Waals surface area contributed by atoms with Crippen molar-refractivity contribution in [2.45, 2.75) is 13.3 Å². The Morgan fingerprint density at radius 3 is 2.93 bits per heavy atom. The predicted molar refractivity (Wildman–Crippen MR) is 55.8 cm³/mol. The molecular weight excluding hydrogens is 196 g/mol. The molecule has 0 radical (unpaired) electrons. The first-order valence-electron chi connectivity index (χ1n) is 4.66. The minimum absolute atomic E-state index is 0.220. The fourth-order valence-electron chi connectivity index (χ4n) is 1.06. The molecule has 1 aromatic heterocycles. The number of carbonyl (C=O) groups excluding carboxylic acids is 1. The maximum atomic E-state index is 11.3. The summed E-state index contributed by atoms with van der Waals surface area (Å²) in [5.74, 6) is -0.212. The number of rotatable bonds is 4. The summed E-state index contributed by atoms with van der Waals surface area (Å²) >= 11 is 0. The second-order valence-corrected chi connectivity index (χ2v) is 2.92. The molecule has 1 rings (SSSR count). The molecule has 15 heavy (non-hydrogen) atoms. The van der Waals surface area contributed by atoms with Gasteiger partial charge in [0.2, 0.25) is 5.88 Å². The largest absolute Gasteiger partial charge is 0.476 e. The number of esters is 1. The molecule has 0 spiro atoms. The lowest BCUT2D eigenvalue weighted by molar-refractivity contribution is 0.0601. The Morgan fingerprint density at radius 2 is 2.33 bits per heavy atom. The fraction of sp³-hybridized carbons (Fsp3) is 0.400. The summed E-state index contributed by atoms with van der Waals surface area (Å²) < 4.78 is 9.85. The second-order valence-electron chi connectivity index (χ2n) is 2.92. The molecule has 1 heterocycles. The lowest BCUT2D eigenvalue weighted by Crippen LogP contribution is -2.09. The summed E-state index contributed by atoms with van der Waals surface area (Å²) in [7, 11) is 1.30. The maximum Gasteiger partial charge on any atom is 0.340 e. The van der Waals surface area contributed by atoms with Crippen molar-refractivity contribution in [3.8, 4) is 5.88 Å². The fourth-order valence-corrected chi connectivity index (χ4v) is 1.06.